The highest BCUT2D eigenvalue weighted by molar-refractivity contribution is 5.98. The Hall–Kier alpha value is -4.08. The van der Waals surface area contributed by atoms with E-state index in [0.29, 0.717) is 17.2 Å². The number of hydrogen-bond acceptors (Lipinski definition) is 7. The molecule has 0 aromatic heterocycles. The Bertz CT molecular complexity index is 974. The van der Waals surface area contributed by atoms with Gasteiger partial charge in [-0.05, 0) is 42.3 Å². The molecule has 0 spiro atoms. The van der Waals surface area contributed by atoms with Gasteiger partial charge in [0.2, 0.25) is 0 Å². The van der Waals surface area contributed by atoms with Crippen LogP contribution in [-0.2, 0) is 14.3 Å². The molecule has 0 bridgehead atoms. The second kappa shape index (κ2) is 11.3. The number of methoxy groups -OCH3 is 1. The van der Waals surface area contributed by atoms with Crippen molar-refractivity contribution in [2.45, 2.75) is 20.0 Å². The second-order valence-corrected chi connectivity index (χ2v) is 7.02. The molecular formula is C22H25N3O7. The standard InChI is InChI=1S/C22H25N3O7/c1-13(2)19(20(27)25-22(23)29)32-21(28)14-7-9-16(10-8-14)31-12-18(26)24-15-5-4-6-17(11-15)30-3/h4-11,13,19H,12H2,1-3H3,(H,24,26)(H3,23,25,27,29)/t19-/m1/s1. The number of ether oxygens (including phenoxy) is 3. The predicted octanol–water partition coefficient (Wildman–Crippen LogP) is 2.09. The maximum absolute atomic E-state index is 12.3. The van der Waals surface area contributed by atoms with Gasteiger partial charge in [0.25, 0.3) is 11.8 Å². The third-order valence-corrected chi connectivity index (χ3v) is 4.16. The SMILES string of the molecule is COc1cccc(NC(=O)COc2ccc(C(=O)O[C@@H](C(=O)NC(N)=O)C(C)C)cc2)c1. The van der Waals surface area contributed by atoms with Crippen LogP contribution in [0.25, 0.3) is 0 Å². The summed E-state index contributed by atoms with van der Waals surface area (Å²) in [6.45, 7) is 3.07. The van der Waals surface area contributed by atoms with Crippen LogP contribution in [0.2, 0.25) is 0 Å². The van der Waals surface area contributed by atoms with E-state index < -0.39 is 24.0 Å². The molecule has 0 radical (unpaired) electrons. The molecule has 0 heterocycles. The molecule has 0 fully saturated rings. The van der Waals surface area contributed by atoms with Crippen LogP contribution >= 0.6 is 0 Å². The van der Waals surface area contributed by atoms with Crippen LogP contribution in [0.3, 0.4) is 0 Å². The molecule has 10 nitrogen and oxygen atoms in total. The Morgan fingerprint density at radius 1 is 1.00 bits per heavy atom. The van der Waals surface area contributed by atoms with E-state index in [-0.39, 0.29) is 24.0 Å². The van der Waals surface area contributed by atoms with Crippen molar-refractivity contribution in [2.75, 3.05) is 19.0 Å². The average molecular weight is 443 g/mol. The van der Waals surface area contributed by atoms with Crippen molar-refractivity contribution >= 4 is 29.5 Å². The van der Waals surface area contributed by atoms with Crippen LogP contribution < -0.4 is 25.8 Å². The zero-order valence-corrected chi connectivity index (χ0v) is 17.9. The number of hydrogen-bond donors (Lipinski definition) is 3. The van der Waals surface area contributed by atoms with Gasteiger partial charge in [-0.3, -0.25) is 14.9 Å². The Balaban J connectivity index is 1.91. The first kappa shape index (κ1) is 24.2. The van der Waals surface area contributed by atoms with Gasteiger partial charge in [0.15, 0.2) is 12.7 Å². The van der Waals surface area contributed by atoms with Gasteiger partial charge in [0.05, 0.1) is 12.7 Å². The van der Waals surface area contributed by atoms with Crippen LogP contribution in [0.5, 0.6) is 11.5 Å². The van der Waals surface area contributed by atoms with Gasteiger partial charge < -0.3 is 25.3 Å². The summed E-state index contributed by atoms with van der Waals surface area (Å²) in [5.41, 5.74) is 5.66. The summed E-state index contributed by atoms with van der Waals surface area (Å²) in [4.78, 5) is 47.3. The monoisotopic (exact) mass is 443 g/mol. The molecule has 0 aliphatic heterocycles. The lowest BCUT2D eigenvalue weighted by molar-refractivity contribution is -0.130. The summed E-state index contributed by atoms with van der Waals surface area (Å²) in [6.07, 6.45) is -1.19. The van der Waals surface area contributed by atoms with E-state index >= 15 is 0 Å². The van der Waals surface area contributed by atoms with Crippen molar-refractivity contribution < 1.29 is 33.4 Å². The fraction of sp³-hybridized carbons (Fsp3) is 0.273. The first-order valence-corrected chi connectivity index (χ1v) is 9.67. The molecule has 10 heteroatoms. The topological polar surface area (TPSA) is 146 Å². The molecule has 2 aromatic rings. The maximum atomic E-state index is 12.3. The summed E-state index contributed by atoms with van der Waals surface area (Å²) in [6, 6.07) is 11.7. The zero-order chi connectivity index (χ0) is 23.7. The van der Waals surface area contributed by atoms with Crippen molar-refractivity contribution in [1.29, 1.82) is 0 Å². The smallest absolute Gasteiger partial charge is 0.338 e. The number of anilines is 1. The number of amides is 4. The number of benzene rings is 2. The number of nitrogens with one attached hydrogen (secondary N) is 2. The molecule has 4 N–H and O–H groups in total. The predicted molar refractivity (Wildman–Crippen MR) is 115 cm³/mol. The highest BCUT2D eigenvalue weighted by atomic mass is 16.5. The minimum Gasteiger partial charge on any atom is -0.497 e. The molecule has 2 rings (SSSR count). The third kappa shape index (κ3) is 7.31. The normalized spacial score (nSPS) is 11.2. The molecule has 170 valence electrons. The van der Waals surface area contributed by atoms with Gasteiger partial charge in [-0.15, -0.1) is 0 Å². The van der Waals surface area contributed by atoms with Crippen LogP contribution in [0, 0.1) is 5.92 Å². The number of esters is 1. The summed E-state index contributed by atoms with van der Waals surface area (Å²) in [7, 11) is 1.53. The average Bonchev–Trinajstić information content (AvgIpc) is 2.75. The highest BCUT2D eigenvalue weighted by Crippen LogP contribution is 2.18. The Labute approximate surface area is 185 Å². The van der Waals surface area contributed by atoms with Gasteiger partial charge in [-0.2, -0.15) is 0 Å². The summed E-state index contributed by atoms with van der Waals surface area (Å²) < 4.78 is 15.7. The quantitative estimate of drug-likeness (QED) is 0.503. The molecule has 0 aliphatic rings. The lowest BCUT2D eigenvalue weighted by atomic mass is 10.1. The number of imide groups is 1. The zero-order valence-electron chi connectivity index (χ0n) is 17.9. The molecule has 2 aromatic carbocycles. The van der Waals surface area contributed by atoms with Crippen LogP contribution in [0.1, 0.15) is 24.2 Å². The first-order valence-electron chi connectivity index (χ1n) is 9.67. The summed E-state index contributed by atoms with van der Waals surface area (Å²) in [5.74, 6) is -1.35. The first-order chi connectivity index (χ1) is 15.2. The largest absolute Gasteiger partial charge is 0.497 e. The number of carbonyl (C=O) groups excluding carboxylic acids is 4. The Morgan fingerprint density at radius 3 is 2.28 bits per heavy atom. The van der Waals surface area contributed by atoms with Crippen molar-refractivity contribution in [1.82, 2.24) is 5.32 Å². The molecular weight excluding hydrogens is 418 g/mol. The van der Waals surface area contributed by atoms with E-state index in [2.05, 4.69) is 5.32 Å². The number of nitrogens with two attached hydrogens (primary N) is 1. The van der Waals surface area contributed by atoms with Crippen LogP contribution in [0.15, 0.2) is 48.5 Å². The summed E-state index contributed by atoms with van der Waals surface area (Å²) >= 11 is 0. The fourth-order valence-corrected chi connectivity index (χ4v) is 2.60. The molecule has 32 heavy (non-hydrogen) atoms. The van der Waals surface area contributed by atoms with Crippen molar-refractivity contribution in [3.63, 3.8) is 0 Å². The van der Waals surface area contributed by atoms with E-state index in [1.165, 1.54) is 31.4 Å². The summed E-state index contributed by atoms with van der Waals surface area (Å²) in [5, 5.41) is 4.58. The van der Waals surface area contributed by atoms with E-state index in [4.69, 9.17) is 19.9 Å². The molecule has 4 amide bonds. The molecule has 1 atom stereocenters. The molecule has 0 saturated heterocycles. The number of primary amides is 1. The van der Waals surface area contributed by atoms with E-state index in [1.54, 1.807) is 38.1 Å². The van der Waals surface area contributed by atoms with Crippen molar-refractivity contribution in [3.05, 3.63) is 54.1 Å². The van der Waals surface area contributed by atoms with Gasteiger partial charge in [0, 0.05) is 11.8 Å². The number of urea groups is 1. The fourth-order valence-electron chi connectivity index (χ4n) is 2.60. The van der Waals surface area contributed by atoms with E-state index in [1.807, 2.05) is 5.32 Å². The molecule has 0 saturated carbocycles. The van der Waals surface area contributed by atoms with Gasteiger partial charge in [-0.25, -0.2) is 9.59 Å². The molecule has 0 unspecified atom stereocenters. The minimum absolute atomic E-state index is 0.163. The third-order valence-electron chi connectivity index (χ3n) is 4.16. The number of rotatable bonds is 9. The lowest BCUT2D eigenvalue weighted by Gasteiger charge is -2.19. The highest BCUT2D eigenvalue weighted by Gasteiger charge is 2.27. The van der Waals surface area contributed by atoms with Gasteiger partial charge >= 0.3 is 12.0 Å². The van der Waals surface area contributed by atoms with E-state index in [9.17, 15) is 19.2 Å². The Kier molecular flexibility index (Phi) is 8.58. The lowest BCUT2D eigenvalue weighted by Crippen LogP contribution is -2.45. The van der Waals surface area contributed by atoms with Crippen molar-refractivity contribution in [3.8, 4) is 11.5 Å². The minimum atomic E-state index is -1.19. The van der Waals surface area contributed by atoms with Crippen LogP contribution in [-0.4, -0.2) is 43.6 Å². The molecule has 0 aliphatic carbocycles. The van der Waals surface area contributed by atoms with Crippen molar-refractivity contribution in [2.24, 2.45) is 11.7 Å². The maximum Gasteiger partial charge on any atom is 0.338 e. The van der Waals surface area contributed by atoms with Crippen LogP contribution in [0.4, 0.5) is 10.5 Å². The van der Waals surface area contributed by atoms with E-state index in [0.717, 1.165) is 0 Å². The Morgan fingerprint density at radius 2 is 1.69 bits per heavy atom. The van der Waals surface area contributed by atoms with Gasteiger partial charge in [-0.1, -0.05) is 19.9 Å². The number of carbonyl (C=O) groups is 4. The van der Waals surface area contributed by atoms with Gasteiger partial charge in [0.1, 0.15) is 11.5 Å². The second-order valence-electron chi connectivity index (χ2n) is 7.02.